The molecule has 2 heterocycles. The maximum atomic E-state index is 13.2. The summed E-state index contributed by atoms with van der Waals surface area (Å²) in [5.41, 5.74) is 0.395. The van der Waals surface area contributed by atoms with Crippen molar-refractivity contribution in [2.24, 2.45) is 0 Å². The lowest BCUT2D eigenvalue weighted by Crippen LogP contribution is -1.95. The van der Waals surface area contributed by atoms with Crippen molar-refractivity contribution < 1.29 is 14.1 Å². The van der Waals surface area contributed by atoms with Crippen LogP contribution in [-0.4, -0.2) is 14.3 Å². The van der Waals surface area contributed by atoms with Gasteiger partial charge in [0.2, 0.25) is 0 Å². The van der Waals surface area contributed by atoms with Crippen LogP contribution in [0.5, 0.6) is 11.6 Å². The molecule has 0 N–H and O–H groups in total. The van der Waals surface area contributed by atoms with Crippen LogP contribution in [0.3, 0.4) is 0 Å². The second-order valence-corrected chi connectivity index (χ2v) is 4.94. The van der Waals surface area contributed by atoms with Crippen molar-refractivity contribution in [3.8, 4) is 11.6 Å². The number of halogens is 1. The van der Waals surface area contributed by atoms with Crippen LogP contribution in [0.1, 0.15) is 5.56 Å². The Morgan fingerprint density at radius 1 is 1.50 bits per heavy atom. The Labute approximate surface area is 116 Å². The van der Waals surface area contributed by atoms with E-state index in [0.717, 1.165) is 0 Å². The zero-order valence-corrected chi connectivity index (χ0v) is 11.1. The van der Waals surface area contributed by atoms with Gasteiger partial charge in [-0.05, 0) is 35.6 Å². The minimum Gasteiger partial charge on any atom is -0.432 e. The van der Waals surface area contributed by atoms with Gasteiger partial charge < -0.3 is 14.9 Å². The molecule has 0 atom stereocenters. The largest absolute Gasteiger partial charge is 0.432 e. The summed E-state index contributed by atoms with van der Waals surface area (Å²) in [6, 6.07) is 4.11. The number of aromatic nitrogens is 2. The molecule has 0 spiro atoms. The van der Waals surface area contributed by atoms with Crippen LogP contribution >= 0.6 is 11.3 Å². The summed E-state index contributed by atoms with van der Waals surface area (Å²) in [5, 5.41) is 12.8. The van der Waals surface area contributed by atoms with E-state index in [0.29, 0.717) is 16.3 Å². The van der Waals surface area contributed by atoms with Gasteiger partial charge in [0, 0.05) is 5.38 Å². The molecule has 20 heavy (non-hydrogen) atoms. The van der Waals surface area contributed by atoms with Crippen molar-refractivity contribution in [3.63, 3.8) is 0 Å². The highest BCUT2D eigenvalue weighted by atomic mass is 32.1. The van der Waals surface area contributed by atoms with E-state index in [1.54, 1.807) is 18.5 Å². The van der Waals surface area contributed by atoms with E-state index in [9.17, 15) is 14.5 Å². The Hall–Kier alpha value is -2.48. The van der Waals surface area contributed by atoms with Crippen LogP contribution in [0.25, 0.3) is 4.96 Å². The van der Waals surface area contributed by atoms with Crippen molar-refractivity contribution >= 4 is 22.1 Å². The molecular weight excluding hydrogens is 285 g/mol. The van der Waals surface area contributed by atoms with Gasteiger partial charge in [0.15, 0.2) is 0 Å². The zero-order valence-electron chi connectivity index (χ0n) is 10.2. The third-order valence-corrected chi connectivity index (χ3v) is 3.48. The summed E-state index contributed by atoms with van der Waals surface area (Å²) < 4.78 is 19.9. The number of benzene rings is 1. The highest BCUT2D eigenvalue weighted by Crippen LogP contribution is 2.33. The lowest BCUT2D eigenvalue weighted by Gasteiger charge is -2.04. The van der Waals surface area contributed by atoms with Crippen LogP contribution in [0.4, 0.5) is 10.2 Å². The molecule has 6 nitrogen and oxygen atoms in total. The van der Waals surface area contributed by atoms with Gasteiger partial charge in [-0.1, -0.05) is 11.3 Å². The number of imidazole rings is 1. The fraction of sp³-hybridized carbons (Fsp3) is 0.0833. The average Bonchev–Trinajstić information content (AvgIpc) is 2.93. The Bertz CT molecular complexity index is 811. The van der Waals surface area contributed by atoms with Gasteiger partial charge in [0.05, 0.1) is 0 Å². The van der Waals surface area contributed by atoms with E-state index in [1.165, 1.54) is 33.9 Å². The van der Waals surface area contributed by atoms with E-state index in [-0.39, 0.29) is 17.5 Å². The highest BCUT2D eigenvalue weighted by Gasteiger charge is 2.25. The van der Waals surface area contributed by atoms with E-state index < -0.39 is 4.92 Å². The first-order valence-corrected chi connectivity index (χ1v) is 6.48. The average molecular weight is 293 g/mol. The van der Waals surface area contributed by atoms with Crippen LogP contribution in [0.2, 0.25) is 0 Å². The van der Waals surface area contributed by atoms with Crippen molar-refractivity contribution in [1.29, 1.82) is 0 Å². The molecule has 0 aliphatic carbocycles. The zero-order chi connectivity index (χ0) is 14.3. The number of rotatable bonds is 3. The second-order valence-electron chi connectivity index (χ2n) is 4.07. The van der Waals surface area contributed by atoms with Crippen LogP contribution in [0, 0.1) is 22.9 Å². The van der Waals surface area contributed by atoms with E-state index in [2.05, 4.69) is 4.98 Å². The number of fused-ring (bicyclic) bond motifs is 1. The van der Waals surface area contributed by atoms with Crippen molar-refractivity contribution in [2.75, 3.05) is 0 Å². The van der Waals surface area contributed by atoms with Crippen molar-refractivity contribution in [2.45, 2.75) is 6.92 Å². The van der Waals surface area contributed by atoms with Gasteiger partial charge in [-0.15, -0.1) is 0 Å². The van der Waals surface area contributed by atoms with Gasteiger partial charge in [0.1, 0.15) is 17.8 Å². The first kappa shape index (κ1) is 12.5. The maximum Gasteiger partial charge on any atom is 0.393 e. The molecule has 0 amide bonds. The first-order chi connectivity index (χ1) is 9.56. The number of aryl methyl sites for hydroxylation is 1. The Morgan fingerprint density at radius 3 is 3.00 bits per heavy atom. The summed E-state index contributed by atoms with van der Waals surface area (Å²) in [6.07, 6.45) is 1.55. The van der Waals surface area contributed by atoms with Crippen molar-refractivity contribution in [3.05, 3.63) is 51.3 Å². The summed E-state index contributed by atoms with van der Waals surface area (Å²) in [6.45, 7) is 1.59. The molecule has 1 aromatic carbocycles. The van der Waals surface area contributed by atoms with E-state index >= 15 is 0 Å². The SMILES string of the molecule is Cc1cc(Oc2nc3sccn3c2[N+](=O)[O-])ccc1F. The fourth-order valence-electron chi connectivity index (χ4n) is 1.78. The minimum absolute atomic E-state index is 0.104. The number of thiazole rings is 1. The molecule has 0 aliphatic rings. The lowest BCUT2D eigenvalue weighted by atomic mass is 10.2. The molecule has 102 valence electrons. The smallest absolute Gasteiger partial charge is 0.393 e. The second kappa shape index (κ2) is 4.57. The standard InChI is InChI=1S/C12H8FN3O3S/c1-7-6-8(2-3-9(7)13)19-10-11(16(17)18)15-4-5-20-12(15)14-10/h2-6H,1H3. The Balaban J connectivity index is 2.05. The molecule has 0 bridgehead atoms. The molecule has 3 aromatic rings. The van der Waals surface area contributed by atoms with Gasteiger partial charge in [-0.3, -0.25) is 0 Å². The van der Waals surface area contributed by atoms with Crippen LogP contribution in [-0.2, 0) is 0 Å². The number of hydrogen-bond donors (Lipinski definition) is 0. The molecule has 2 aromatic heterocycles. The van der Waals surface area contributed by atoms with Gasteiger partial charge >= 0.3 is 11.7 Å². The predicted molar refractivity (Wildman–Crippen MR) is 70.9 cm³/mol. The first-order valence-electron chi connectivity index (χ1n) is 5.60. The number of nitrogens with zero attached hydrogens (tertiary/aromatic N) is 3. The molecule has 0 fully saturated rings. The van der Waals surface area contributed by atoms with E-state index in [1.807, 2.05) is 0 Å². The fourth-order valence-corrected chi connectivity index (χ4v) is 2.48. The van der Waals surface area contributed by atoms with Gasteiger partial charge in [-0.2, -0.15) is 9.38 Å². The summed E-state index contributed by atoms with van der Waals surface area (Å²) in [5.74, 6) is -0.411. The Morgan fingerprint density at radius 2 is 2.30 bits per heavy atom. The van der Waals surface area contributed by atoms with Crippen LogP contribution in [0.15, 0.2) is 29.8 Å². The molecule has 0 aliphatic heterocycles. The van der Waals surface area contributed by atoms with Crippen molar-refractivity contribution in [1.82, 2.24) is 9.38 Å². The summed E-state index contributed by atoms with van der Waals surface area (Å²) >= 11 is 1.26. The minimum atomic E-state index is -0.557. The monoisotopic (exact) mass is 293 g/mol. The number of hydrogen-bond acceptors (Lipinski definition) is 5. The Kier molecular flexibility index (Phi) is 2.87. The third-order valence-electron chi connectivity index (χ3n) is 2.72. The van der Waals surface area contributed by atoms with E-state index in [4.69, 9.17) is 4.74 Å². The molecule has 8 heteroatoms. The number of nitro groups is 1. The normalized spacial score (nSPS) is 10.9. The topological polar surface area (TPSA) is 69.7 Å². The molecule has 0 saturated carbocycles. The molecular formula is C12H8FN3O3S. The molecule has 3 rings (SSSR count). The molecule has 0 saturated heterocycles. The molecule has 0 unspecified atom stereocenters. The maximum absolute atomic E-state index is 13.2. The number of ether oxygens (including phenoxy) is 1. The summed E-state index contributed by atoms with van der Waals surface area (Å²) in [7, 11) is 0. The van der Waals surface area contributed by atoms with Gasteiger partial charge in [-0.25, -0.2) is 4.39 Å². The quantitative estimate of drug-likeness (QED) is 0.547. The van der Waals surface area contributed by atoms with Gasteiger partial charge in [0.25, 0.3) is 4.96 Å². The predicted octanol–water partition coefficient (Wildman–Crippen LogP) is 3.54. The third kappa shape index (κ3) is 1.99. The lowest BCUT2D eigenvalue weighted by molar-refractivity contribution is -0.391. The summed E-state index contributed by atoms with van der Waals surface area (Å²) in [4.78, 5) is 15.1. The molecule has 0 radical (unpaired) electrons. The highest BCUT2D eigenvalue weighted by molar-refractivity contribution is 7.15. The van der Waals surface area contributed by atoms with Crippen LogP contribution < -0.4 is 4.74 Å².